The molecule has 0 aliphatic carbocycles. The molecule has 2 aromatic heterocycles. The second-order valence-electron chi connectivity index (χ2n) is 3.63. The van der Waals surface area contributed by atoms with Crippen LogP contribution in [0, 0.1) is 0 Å². The summed E-state index contributed by atoms with van der Waals surface area (Å²) in [7, 11) is 0. The number of phenols is 1. The summed E-state index contributed by atoms with van der Waals surface area (Å²) in [4.78, 5) is 12.8. The Morgan fingerprint density at radius 3 is 2.56 bits per heavy atom. The molecule has 0 fully saturated rings. The minimum absolute atomic E-state index is 0.225. The molecule has 0 saturated carbocycles. The van der Waals surface area contributed by atoms with Crippen molar-refractivity contribution in [1.29, 1.82) is 0 Å². The summed E-state index contributed by atoms with van der Waals surface area (Å²) in [6.07, 6.45) is 3.37. The highest BCUT2D eigenvalue weighted by atomic mass is 32.1. The van der Waals surface area contributed by atoms with Gasteiger partial charge in [-0.25, -0.2) is 15.0 Å². The molecule has 3 rings (SSSR count). The lowest BCUT2D eigenvalue weighted by atomic mass is 10.1. The van der Waals surface area contributed by atoms with Crippen LogP contribution in [0.2, 0.25) is 0 Å². The average molecular weight is 255 g/mol. The van der Waals surface area contributed by atoms with Gasteiger partial charge in [-0.05, 0) is 18.2 Å². The van der Waals surface area contributed by atoms with Crippen LogP contribution in [0.25, 0.3) is 22.1 Å². The highest BCUT2D eigenvalue weighted by Gasteiger charge is 2.10. The Labute approximate surface area is 108 Å². The van der Waals surface area contributed by atoms with Crippen molar-refractivity contribution in [1.82, 2.24) is 15.0 Å². The third-order valence-corrected chi connectivity index (χ3v) is 3.28. The maximum atomic E-state index is 9.78. The monoisotopic (exact) mass is 255 g/mol. The van der Waals surface area contributed by atoms with E-state index in [1.54, 1.807) is 30.6 Å². The number of phenolic OH excluding ortho intramolecular Hbond substituents is 1. The van der Waals surface area contributed by atoms with Gasteiger partial charge in [0.2, 0.25) is 0 Å². The first kappa shape index (κ1) is 10.9. The Morgan fingerprint density at radius 2 is 1.78 bits per heavy atom. The second kappa shape index (κ2) is 4.54. The molecule has 2 heterocycles. The zero-order valence-electron chi connectivity index (χ0n) is 9.32. The van der Waals surface area contributed by atoms with Crippen LogP contribution >= 0.6 is 11.3 Å². The van der Waals surface area contributed by atoms with Gasteiger partial charge in [0.05, 0.1) is 5.69 Å². The van der Waals surface area contributed by atoms with Gasteiger partial charge in [-0.3, -0.25) is 0 Å². The lowest BCUT2D eigenvalue weighted by Crippen LogP contribution is -1.86. The molecule has 0 saturated heterocycles. The van der Waals surface area contributed by atoms with E-state index in [2.05, 4.69) is 15.0 Å². The van der Waals surface area contributed by atoms with E-state index >= 15 is 0 Å². The molecule has 88 valence electrons. The molecule has 0 amide bonds. The Bertz CT molecular complexity index is 667. The number of hydrogen-bond acceptors (Lipinski definition) is 5. The molecule has 4 nitrogen and oxygen atoms in total. The van der Waals surface area contributed by atoms with Gasteiger partial charge in [-0.2, -0.15) is 0 Å². The smallest absolute Gasteiger partial charge is 0.188 e. The van der Waals surface area contributed by atoms with Gasteiger partial charge in [-0.1, -0.05) is 12.1 Å². The van der Waals surface area contributed by atoms with Gasteiger partial charge in [-0.15, -0.1) is 11.3 Å². The van der Waals surface area contributed by atoms with Gasteiger partial charge in [0.15, 0.2) is 10.8 Å². The maximum Gasteiger partial charge on any atom is 0.188 e. The van der Waals surface area contributed by atoms with E-state index in [0.29, 0.717) is 5.82 Å². The van der Waals surface area contributed by atoms with Crippen molar-refractivity contribution in [3.8, 4) is 27.8 Å². The van der Waals surface area contributed by atoms with Crippen molar-refractivity contribution < 1.29 is 5.11 Å². The van der Waals surface area contributed by atoms with E-state index in [-0.39, 0.29) is 5.75 Å². The molecule has 0 aliphatic rings. The molecule has 0 aliphatic heterocycles. The highest BCUT2D eigenvalue weighted by Crippen LogP contribution is 2.31. The SMILES string of the molecule is Oc1ccccc1-c1csc(-c2ncccn2)n1. The van der Waals surface area contributed by atoms with Crippen LogP contribution in [0.1, 0.15) is 0 Å². The number of para-hydroxylation sites is 1. The van der Waals surface area contributed by atoms with Crippen LogP contribution in [0.3, 0.4) is 0 Å². The molecule has 0 bridgehead atoms. The van der Waals surface area contributed by atoms with E-state index in [1.165, 1.54) is 11.3 Å². The summed E-state index contributed by atoms with van der Waals surface area (Å²) in [6.45, 7) is 0. The fourth-order valence-electron chi connectivity index (χ4n) is 1.60. The number of benzene rings is 1. The zero-order chi connectivity index (χ0) is 12.4. The van der Waals surface area contributed by atoms with E-state index in [0.717, 1.165) is 16.3 Å². The Morgan fingerprint density at radius 1 is 1.00 bits per heavy atom. The van der Waals surface area contributed by atoms with Gasteiger partial charge in [0.1, 0.15) is 5.75 Å². The lowest BCUT2D eigenvalue weighted by Gasteiger charge is -1.99. The summed E-state index contributed by atoms with van der Waals surface area (Å²) in [5.41, 5.74) is 1.46. The molecule has 5 heteroatoms. The van der Waals surface area contributed by atoms with Gasteiger partial charge < -0.3 is 5.11 Å². The first-order chi connectivity index (χ1) is 8.84. The molecular weight excluding hydrogens is 246 g/mol. The molecule has 0 unspecified atom stereocenters. The number of aromatic hydroxyl groups is 1. The summed E-state index contributed by atoms with van der Waals surface area (Å²) < 4.78 is 0. The third-order valence-electron chi connectivity index (χ3n) is 2.44. The first-order valence-corrected chi connectivity index (χ1v) is 6.24. The molecular formula is C13H9N3OS. The molecule has 18 heavy (non-hydrogen) atoms. The summed E-state index contributed by atoms with van der Waals surface area (Å²) in [6, 6.07) is 8.90. The normalized spacial score (nSPS) is 10.4. The zero-order valence-corrected chi connectivity index (χ0v) is 10.1. The number of aromatic nitrogens is 3. The van der Waals surface area contributed by atoms with Crippen molar-refractivity contribution in [2.24, 2.45) is 0 Å². The van der Waals surface area contributed by atoms with Crippen LogP contribution in [0.15, 0.2) is 48.1 Å². The van der Waals surface area contributed by atoms with Crippen LogP contribution in [0.5, 0.6) is 5.75 Å². The summed E-state index contributed by atoms with van der Waals surface area (Å²) in [5.74, 6) is 0.826. The summed E-state index contributed by atoms with van der Waals surface area (Å²) in [5, 5.41) is 12.4. The molecule has 1 aromatic carbocycles. The largest absolute Gasteiger partial charge is 0.507 e. The molecule has 0 spiro atoms. The van der Waals surface area contributed by atoms with E-state index in [4.69, 9.17) is 0 Å². The van der Waals surface area contributed by atoms with Gasteiger partial charge >= 0.3 is 0 Å². The van der Waals surface area contributed by atoms with E-state index in [9.17, 15) is 5.11 Å². The number of rotatable bonds is 2. The number of hydrogen-bond donors (Lipinski definition) is 1. The predicted molar refractivity (Wildman–Crippen MR) is 70.2 cm³/mol. The minimum atomic E-state index is 0.225. The lowest BCUT2D eigenvalue weighted by molar-refractivity contribution is 0.477. The fraction of sp³-hybridized carbons (Fsp3) is 0. The molecule has 0 atom stereocenters. The Hall–Kier alpha value is -2.27. The standard InChI is InChI=1S/C13H9N3OS/c17-11-5-2-1-4-9(11)10-8-18-13(16-10)12-14-6-3-7-15-12/h1-8,17H. The molecule has 3 aromatic rings. The van der Waals surface area contributed by atoms with Crippen LogP contribution in [-0.2, 0) is 0 Å². The highest BCUT2D eigenvalue weighted by molar-refractivity contribution is 7.13. The van der Waals surface area contributed by atoms with Crippen LogP contribution in [0.4, 0.5) is 0 Å². The van der Waals surface area contributed by atoms with Gasteiger partial charge in [0, 0.05) is 23.3 Å². The van der Waals surface area contributed by atoms with Gasteiger partial charge in [0.25, 0.3) is 0 Å². The van der Waals surface area contributed by atoms with Crippen molar-refractivity contribution >= 4 is 11.3 Å². The Kier molecular flexibility index (Phi) is 2.74. The van der Waals surface area contributed by atoms with E-state index < -0.39 is 0 Å². The minimum Gasteiger partial charge on any atom is -0.507 e. The number of thiazole rings is 1. The summed E-state index contributed by atoms with van der Waals surface area (Å²) >= 11 is 1.46. The second-order valence-corrected chi connectivity index (χ2v) is 4.49. The van der Waals surface area contributed by atoms with Crippen molar-refractivity contribution in [2.45, 2.75) is 0 Å². The average Bonchev–Trinajstić information content (AvgIpc) is 2.90. The fourth-order valence-corrected chi connectivity index (χ4v) is 2.36. The number of nitrogens with zero attached hydrogens (tertiary/aromatic N) is 3. The third kappa shape index (κ3) is 1.96. The van der Waals surface area contributed by atoms with Crippen molar-refractivity contribution in [2.75, 3.05) is 0 Å². The maximum absolute atomic E-state index is 9.78. The Balaban J connectivity index is 2.03. The van der Waals surface area contributed by atoms with Crippen molar-refractivity contribution in [3.05, 3.63) is 48.1 Å². The molecule has 0 radical (unpaired) electrons. The van der Waals surface area contributed by atoms with Crippen LogP contribution in [-0.4, -0.2) is 20.1 Å². The van der Waals surface area contributed by atoms with Crippen molar-refractivity contribution in [3.63, 3.8) is 0 Å². The van der Waals surface area contributed by atoms with Crippen LogP contribution < -0.4 is 0 Å². The predicted octanol–water partition coefficient (Wildman–Crippen LogP) is 2.97. The topological polar surface area (TPSA) is 58.9 Å². The molecule has 1 N–H and O–H groups in total. The first-order valence-electron chi connectivity index (χ1n) is 5.36. The van der Waals surface area contributed by atoms with E-state index in [1.807, 2.05) is 17.5 Å². The quantitative estimate of drug-likeness (QED) is 0.764.